The Labute approximate surface area is 158 Å². The summed E-state index contributed by atoms with van der Waals surface area (Å²) in [4.78, 5) is 22.7. The maximum Gasteiger partial charge on any atom is 0.291 e. The van der Waals surface area contributed by atoms with Crippen LogP contribution in [0.4, 0.5) is 11.4 Å². The predicted molar refractivity (Wildman–Crippen MR) is 96.5 cm³/mol. The van der Waals surface area contributed by atoms with Crippen LogP contribution in [0.3, 0.4) is 0 Å². The Bertz CT molecular complexity index is 914. The average molecular weight is 470 g/mol. The highest BCUT2D eigenvalue weighted by Gasteiger charge is 2.18. The molecule has 0 aliphatic carbocycles. The topological polar surface area (TPSA) is 103 Å². The van der Waals surface area contributed by atoms with Crippen LogP contribution in [0, 0.1) is 10.1 Å². The van der Waals surface area contributed by atoms with Crippen LogP contribution >= 0.6 is 31.9 Å². The number of hydrogen-bond acceptors (Lipinski definition) is 5. The molecule has 2 aromatic heterocycles. The number of nitrogens with one attached hydrogen (secondary N) is 1. The second-order valence-electron chi connectivity index (χ2n) is 4.97. The zero-order chi connectivity index (χ0) is 18.0. The zero-order valence-electron chi connectivity index (χ0n) is 12.5. The highest BCUT2D eigenvalue weighted by atomic mass is 79.9. The molecule has 0 radical (unpaired) electrons. The molecule has 0 unspecified atom stereocenters. The number of non-ortho nitro benzene ring substituents is 1. The number of benzene rings is 1. The third-order valence-electron chi connectivity index (χ3n) is 3.24. The zero-order valence-corrected chi connectivity index (χ0v) is 15.7. The number of halogens is 2. The minimum atomic E-state index is -0.519. The molecule has 3 aromatic rings. The summed E-state index contributed by atoms with van der Waals surface area (Å²) < 4.78 is 7.95. The Balaban J connectivity index is 1.76. The van der Waals surface area contributed by atoms with Gasteiger partial charge in [-0.05, 0) is 50.1 Å². The molecule has 8 nitrogen and oxygen atoms in total. The van der Waals surface area contributed by atoms with Crippen molar-refractivity contribution in [2.75, 3.05) is 5.32 Å². The highest BCUT2D eigenvalue weighted by Crippen LogP contribution is 2.35. The summed E-state index contributed by atoms with van der Waals surface area (Å²) in [5.74, 6) is 0.233. The van der Waals surface area contributed by atoms with Crippen molar-refractivity contribution in [3.8, 4) is 0 Å². The molecular formula is C15H10Br2N4O4. The van der Waals surface area contributed by atoms with Gasteiger partial charge in [-0.1, -0.05) is 0 Å². The van der Waals surface area contributed by atoms with Gasteiger partial charge in [0.2, 0.25) is 0 Å². The van der Waals surface area contributed by atoms with Crippen molar-refractivity contribution in [3.63, 3.8) is 0 Å². The number of rotatable bonds is 5. The van der Waals surface area contributed by atoms with Gasteiger partial charge in [0.1, 0.15) is 5.76 Å². The number of hydrogen-bond donors (Lipinski definition) is 1. The van der Waals surface area contributed by atoms with Gasteiger partial charge in [0.05, 0.1) is 17.2 Å². The van der Waals surface area contributed by atoms with Crippen LogP contribution in [0.2, 0.25) is 0 Å². The van der Waals surface area contributed by atoms with E-state index in [9.17, 15) is 14.9 Å². The van der Waals surface area contributed by atoms with Gasteiger partial charge < -0.3 is 9.73 Å². The minimum Gasteiger partial charge on any atom is -0.454 e. The summed E-state index contributed by atoms with van der Waals surface area (Å²) in [6.45, 7) is 0.408. The van der Waals surface area contributed by atoms with Crippen molar-refractivity contribution in [3.05, 3.63) is 73.3 Å². The van der Waals surface area contributed by atoms with Crippen LogP contribution in [0.25, 0.3) is 0 Å². The van der Waals surface area contributed by atoms with Gasteiger partial charge in [-0.2, -0.15) is 5.10 Å². The van der Waals surface area contributed by atoms with Gasteiger partial charge in [0.25, 0.3) is 11.6 Å². The van der Waals surface area contributed by atoms with Crippen molar-refractivity contribution in [2.24, 2.45) is 0 Å². The van der Waals surface area contributed by atoms with E-state index in [1.807, 2.05) is 0 Å². The number of nitro benzene ring substituents is 1. The summed E-state index contributed by atoms with van der Waals surface area (Å²) in [6.07, 6.45) is 3.44. The van der Waals surface area contributed by atoms with Crippen LogP contribution in [0.1, 0.15) is 16.3 Å². The van der Waals surface area contributed by atoms with Crippen LogP contribution in [-0.2, 0) is 6.54 Å². The number of nitrogens with zero attached hydrogens (tertiary/aromatic N) is 3. The molecule has 3 rings (SSSR count). The van der Waals surface area contributed by atoms with Gasteiger partial charge in [-0.25, -0.2) is 0 Å². The average Bonchev–Trinajstić information content (AvgIpc) is 3.22. The first-order chi connectivity index (χ1) is 11.9. The Kier molecular flexibility index (Phi) is 5.00. The Morgan fingerprint density at radius 1 is 1.32 bits per heavy atom. The molecule has 10 heteroatoms. The normalized spacial score (nSPS) is 10.6. The fourth-order valence-corrected chi connectivity index (χ4v) is 3.46. The maximum atomic E-state index is 12.4. The largest absolute Gasteiger partial charge is 0.454 e. The van der Waals surface area contributed by atoms with E-state index < -0.39 is 10.8 Å². The number of aromatic nitrogens is 2. The van der Waals surface area contributed by atoms with Crippen molar-refractivity contribution in [2.45, 2.75) is 6.54 Å². The predicted octanol–water partition coefficient (Wildman–Crippen LogP) is 4.21. The summed E-state index contributed by atoms with van der Waals surface area (Å²) in [5.41, 5.74) is 0.275. The summed E-state index contributed by atoms with van der Waals surface area (Å²) in [7, 11) is 0. The molecule has 1 N–H and O–H groups in total. The lowest BCUT2D eigenvalue weighted by molar-refractivity contribution is -0.385. The fraction of sp³-hybridized carbons (Fsp3) is 0.0667. The number of carbonyl (C=O) groups excluding carboxylic acids is 1. The van der Waals surface area contributed by atoms with Crippen molar-refractivity contribution < 1.29 is 14.1 Å². The Morgan fingerprint density at radius 3 is 2.64 bits per heavy atom. The molecule has 0 aliphatic rings. The van der Waals surface area contributed by atoms with Crippen LogP contribution in [0.5, 0.6) is 0 Å². The third kappa shape index (κ3) is 3.97. The van der Waals surface area contributed by atoms with E-state index in [1.54, 1.807) is 35.3 Å². The second kappa shape index (κ2) is 7.19. The molecule has 0 saturated carbocycles. The maximum absolute atomic E-state index is 12.4. The van der Waals surface area contributed by atoms with E-state index in [2.05, 4.69) is 42.3 Å². The third-order valence-corrected chi connectivity index (χ3v) is 4.49. The fourth-order valence-electron chi connectivity index (χ4n) is 2.10. The monoisotopic (exact) mass is 468 g/mol. The van der Waals surface area contributed by atoms with Crippen molar-refractivity contribution >= 4 is 49.1 Å². The first-order valence-corrected chi connectivity index (χ1v) is 8.53. The van der Waals surface area contributed by atoms with Crippen LogP contribution in [0.15, 0.2) is 56.1 Å². The van der Waals surface area contributed by atoms with E-state index in [-0.39, 0.29) is 11.4 Å². The Hall–Kier alpha value is -2.46. The highest BCUT2D eigenvalue weighted by molar-refractivity contribution is 9.11. The lowest BCUT2D eigenvalue weighted by atomic mass is 10.2. The van der Waals surface area contributed by atoms with Crippen LogP contribution < -0.4 is 5.32 Å². The Morgan fingerprint density at radius 2 is 2.04 bits per heavy atom. The quantitative estimate of drug-likeness (QED) is 0.445. The van der Waals surface area contributed by atoms with Gasteiger partial charge in [-0.3, -0.25) is 19.6 Å². The summed E-state index contributed by atoms with van der Waals surface area (Å²) in [6, 6.07) is 7.66. The molecule has 0 saturated heterocycles. The second-order valence-corrected chi connectivity index (χ2v) is 6.67. The number of amides is 1. The molecule has 0 fully saturated rings. The van der Waals surface area contributed by atoms with Gasteiger partial charge in [0.15, 0.2) is 5.76 Å². The van der Waals surface area contributed by atoms with E-state index in [4.69, 9.17) is 4.42 Å². The van der Waals surface area contributed by atoms with Crippen molar-refractivity contribution in [1.29, 1.82) is 0 Å². The summed E-state index contributed by atoms with van der Waals surface area (Å²) >= 11 is 6.44. The molecule has 0 aliphatic heterocycles. The molecule has 25 heavy (non-hydrogen) atoms. The van der Waals surface area contributed by atoms with E-state index >= 15 is 0 Å². The number of anilines is 1. The van der Waals surface area contributed by atoms with E-state index in [1.165, 1.54) is 12.1 Å². The lowest BCUT2D eigenvalue weighted by Crippen LogP contribution is -2.12. The molecule has 0 spiro atoms. The molecule has 1 aromatic carbocycles. The minimum absolute atomic E-state index is 0.101. The number of nitro groups is 1. The standard InChI is InChI=1S/C15H10Br2N4O4/c16-11-6-9(21(23)24)7-12(17)14(11)19-15(22)13-3-2-10(25-13)8-20-5-1-4-18-20/h1-7H,8H2,(H,19,22). The van der Waals surface area contributed by atoms with E-state index in [0.29, 0.717) is 26.9 Å². The number of furan rings is 1. The molecule has 1 amide bonds. The number of carbonyl (C=O) groups is 1. The molecule has 128 valence electrons. The van der Waals surface area contributed by atoms with E-state index in [0.717, 1.165) is 0 Å². The van der Waals surface area contributed by atoms with Gasteiger partial charge in [-0.15, -0.1) is 0 Å². The molecule has 2 heterocycles. The van der Waals surface area contributed by atoms with Crippen molar-refractivity contribution in [1.82, 2.24) is 9.78 Å². The molecule has 0 atom stereocenters. The van der Waals surface area contributed by atoms with Gasteiger partial charge >= 0.3 is 0 Å². The first-order valence-electron chi connectivity index (χ1n) is 6.95. The lowest BCUT2D eigenvalue weighted by Gasteiger charge is -2.08. The summed E-state index contributed by atoms with van der Waals surface area (Å²) in [5, 5.41) is 17.6. The van der Waals surface area contributed by atoms with Gasteiger partial charge in [0, 0.05) is 33.5 Å². The SMILES string of the molecule is O=C(Nc1c(Br)cc([N+](=O)[O-])cc1Br)c1ccc(Cn2cccn2)o1. The smallest absolute Gasteiger partial charge is 0.291 e. The molecule has 0 bridgehead atoms. The van der Waals surface area contributed by atoms with Crippen LogP contribution in [-0.4, -0.2) is 20.6 Å². The first kappa shape index (κ1) is 17.4. The molecular weight excluding hydrogens is 460 g/mol.